The number of nitrogens with one attached hydrogen (secondary N) is 1. The molecule has 226 valence electrons. The van der Waals surface area contributed by atoms with Gasteiger partial charge in [-0.25, -0.2) is 13.3 Å². The molecule has 3 saturated carbocycles. The highest BCUT2D eigenvalue weighted by Gasteiger charge is 2.68. The predicted molar refractivity (Wildman–Crippen MR) is 153 cm³/mol. The Bertz CT molecular complexity index is 1170. The molecule has 1 unspecified atom stereocenters. The fourth-order valence-electron chi connectivity index (χ4n) is 6.86. The minimum absolute atomic E-state index is 0.0382. The Hall–Kier alpha value is -2.53. The van der Waals surface area contributed by atoms with E-state index in [1.807, 2.05) is 17.1 Å². The van der Waals surface area contributed by atoms with E-state index < -0.39 is 45.0 Å². The summed E-state index contributed by atoms with van der Waals surface area (Å²) in [5, 5.41) is -0.530. The normalized spacial score (nSPS) is 35.9. The number of carbonyl (C=O) groups excluding carboxylic acids is 2. The van der Waals surface area contributed by atoms with Gasteiger partial charge in [-0.05, 0) is 57.4 Å². The van der Waals surface area contributed by atoms with Gasteiger partial charge < -0.3 is 9.47 Å². The van der Waals surface area contributed by atoms with Gasteiger partial charge >= 0.3 is 5.97 Å². The molecule has 10 nitrogen and oxygen atoms in total. The van der Waals surface area contributed by atoms with Crippen molar-refractivity contribution >= 4 is 21.9 Å². The summed E-state index contributed by atoms with van der Waals surface area (Å²) in [6.45, 7) is 4.45. The maximum atomic E-state index is 14.1. The molecule has 3 aliphatic carbocycles. The smallest absolute Gasteiger partial charge is 0.312 e. The van der Waals surface area contributed by atoms with Crippen LogP contribution < -0.4 is 4.72 Å². The Labute approximate surface area is 243 Å². The summed E-state index contributed by atoms with van der Waals surface area (Å²) in [4.78, 5) is 42.5. The number of nitroso groups, excluding NO2 is 1. The summed E-state index contributed by atoms with van der Waals surface area (Å²) in [5.41, 5.74) is -1.16. The molecular formula is C30H44N3O7S+. The largest absolute Gasteiger partial charge is 0.482 e. The Morgan fingerprint density at radius 2 is 1.90 bits per heavy atom. The van der Waals surface area contributed by atoms with Gasteiger partial charge in [0.25, 0.3) is 5.91 Å². The van der Waals surface area contributed by atoms with Crippen molar-refractivity contribution in [2.24, 2.45) is 11.8 Å². The molecule has 0 aromatic carbocycles. The Balaban J connectivity index is 1.43. The summed E-state index contributed by atoms with van der Waals surface area (Å²) in [7, 11) is -3.75. The minimum Gasteiger partial charge on any atom is -0.482 e. The second-order valence-electron chi connectivity index (χ2n) is 12.3. The SMILES string of the molecule is C=C[C@@H]1C[C@@]1(C(=O)NS(=O)(=O)C1CC1)N1CC2C[C@H]1O/C=C\C=C\CCCCOC(=O)C[C@@H](C1CCCCC1)[N+]2=O. The second kappa shape index (κ2) is 12.8. The third-order valence-corrected chi connectivity index (χ3v) is 11.3. The highest BCUT2D eigenvalue weighted by atomic mass is 32.2. The topological polar surface area (TPSA) is 122 Å². The van der Waals surface area contributed by atoms with Gasteiger partial charge in [0, 0.05) is 21.5 Å². The van der Waals surface area contributed by atoms with Crippen LogP contribution in [-0.2, 0) is 29.1 Å². The lowest BCUT2D eigenvalue weighted by atomic mass is 9.82. The summed E-state index contributed by atoms with van der Waals surface area (Å²) in [5.74, 6) is -1.11. The van der Waals surface area contributed by atoms with Crippen LogP contribution in [0.2, 0.25) is 0 Å². The molecule has 11 heteroatoms. The highest BCUT2D eigenvalue weighted by molar-refractivity contribution is 7.91. The summed E-state index contributed by atoms with van der Waals surface area (Å²) in [6.07, 6.45) is 17.6. The number of cyclic esters (lactones) is 1. The number of allylic oxidation sites excluding steroid dienone is 3. The van der Waals surface area contributed by atoms with Crippen molar-refractivity contribution in [1.29, 1.82) is 0 Å². The van der Waals surface area contributed by atoms with Crippen molar-refractivity contribution < 1.29 is 32.2 Å². The summed E-state index contributed by atoms with van der Waals surface area (Å²) in [6, 6.07) is -1.05. The van der Waals surface area contributed by atoms with Crippen molar-refractivity contribution in [2.45, 2.75) is 113 Å². The zero-order chi connectivity index (χ0) is 29.0. The first kappa shape index (κ1) is 29.9. The van der Waals surface area contributed by atoms with E-state index in [1.54, 1.807) is 18.4 Å². The van der Waals surface area contributed by atoms with Crippen LogP contribution in [0.3, 0.4) is 0 Å². The van der Waals surface area contributed by atoms with Gasteiger partial charge in [0.05, 0.1) is 31.1 Å². The molecule has 1 N–H and O–H groups in total. The van der Waals surface area contributed by atoms with E-state index in [2.05, 4.69) is 11.3 Å². The molecule has 1 amide bonds. The maximum Gasteiger partial charge on any atom is 0.312 e. The predicted octanol–water partition coefficient (Wildman–Crippen LogP) is 3.87. The van der Waals surface area contributed by atoms with Crippen LogP contribution in [0.1, 0.15) is 83.5 Å². The maximum absolute atomic E-state index is 14.1. The first-order chi connectivity index (χ1) is 19.8. The number of amides is 1. The first-order valence-electron chi connectivity index (χ1n) is 15.3. The van der Waals surface area contributed by atoms with Crippen LogP contribution in [-0.4, -0.2) is 72.2 Å². The van der Waals surface area contributed by atoms with Gasteiger partial charge in [-0.3, -0.25) is 14.3 Å². The van der Waals surface area contributed by atoms with Crippen LogP contribution in [0.25, 0.3) is 0 Å². The molecule has 1 saturated heterocycles. The number of likely N-dealkylation sites (tertiary alicyclic amines) is 1. The summed E-state index contributed by atoms with van der Waals surface area (Å²) < 4.78 is 40.5. The standard InChI is InChI=1S/C30H43N3O7S/c1-2-23-20-30(23,29(35)31-41(37,38)25-14-15-25)32-21-24-18-27(32)39-16-10-5-3-4-6-11-17-40-28(34)19-26(33(24)36)22-12-8-7-9-13-22/h2-3,5,10,16,22-27H,1,4,6-9,11-15,17-21H2/p+1/b5-3+,16-10-/t23-,24?,26+,27-,30-/m1/s1. The van der Waals surface area contributed by atoms with E-state index in [1.165, 1.54) is 0 Å². The minimum atomic E-state index is -3.75. The number of rotatable bonds is 6. The number of carbonyl (C=O) groups is 2. The number of hydrogen-bond acceptors (Lipinski definition) is 8. The van der Waals surface area contributed by atoms with Crippen LogP contribution in [0.15, 0.2) is 37.1 Å². The van der Waals surface area contributed by atoms with Crippen molar-refractivity contribution in [1.82, 2.24) is 9.62 Å². The third kappa shape index (κ3) is 6.77. The molecule has 2 heterocycles. The van der Waals surface area contributed by atoms with E-state index in [4.69, 9.17) is 9.47 Å². The zero-order valence-electron chi connectivity index (χ0n) is 23.8. The first-order valence-corrected chi connectivity index (χ1v) is 16.8. The average Bonchev–Trinajstić information content (AvgIpc) is 3.89. The van der Waals surface area contributed by atoms with E-state index in [0.29, 0.717) is 32.3 Å². The van der Waals surface area contributed by atoms with E-state index >= 15 is 0 Å². The summed E-state index contributed by atoms with van der Waals surface area (Å²) >= 11 is 0. The quantitative estimate of drug-likeness (QED) is 0.281. The molecule has 2 aliphatic heterocycles. The Morgan fingerprint density at radius 1 is 1.12 bits per heavy atom. The number of esters is 1. The van der Waals surface area contributed by atoms with Gasteiger partial charge in [-0.2, -0.15) is 0 Å². The molecule has 5 rings (SSSR count). The molecule has 5 atom stereocenters. The lowest BCUT2D eigenvalue weighted by molar-refractivity contribution is -0.625. The molecular weight excluding hydrogens is 546 g/mol. The highest BCUT2D eigenvalue weighted by Crippen LogP contribution is 2.53. The van der Waals surface area contributed by atoms with Crippen LogP contribution in [0.4, 0.5) is 0 Å². The number of ether oxygens (including phenoxy) is 2. The van der Waals surface area contributed by atoms with Gasteiger partial charge in [0.2, 0.25) is 22.1 Å². The van der Waals surface area contributed by atoms with Gasteiger partial charge in [0.1, 0.15) is 12.0 Å². The van der Waals surface area contributed by atoms with Crippen molar-refractivity contribution in [3.63, 3.8) is 0 Å². The molecule has 2 bridgehead atoms. The lowest BCUT2D eigenvalue weighted by Gasteiger charge is -2.31. The van der Waals surface area contributed by atoms with Crippen molar-refractivity contribution in [2.75, 3.05) is 13.2 Å². The van der Waals surface area contributed by atoms with Crippen LogP contribution in [0.5, 0.6) is 0 Å². The van der Waals surface area contributed by atoms with Crippen LogP contribution in [0, 0.1) is 16.7 Å². The second-order valence-corrected chi connectivity index (χ2v) is 14.2. The van der Waals surface area contributed by atoms with E-state index in [-0.39, 0.29) is 30.8 Å². The van der Waals surface area contributed by atoms with Gasteiger partial charge in [-0.15, -0.1) is 6.58 Å². The monoisotopic (exact) mass is 590 g/mol. The third-order valence-electron chi connectivity index (χ3n) is 9.45. The molecule has 0 aromatic heterocycles. The lowest BCUT2D eigenvalue weighted by Crippen LogP contribution is -2.55. The number of sulfonamides is 1. The van der Waals surface area contributed by atoms with Crippen molar-refractivity contribution in [3.8, 4) is 0 Å². The Kier molecular flexibility index (Phi) is 9.33. The molecule has 4 fully saturated rings. The number of fused-ring (bicyclic) bond motifs is 2. The van der Waals surface area contributed by atoms with Crippen molar-refractivity contribution in [3.05, 3.63) is 42.1 Å². The number of nitrogens with zero attached hydrogens (tertiary/aromatic N) is 2. The zero-order valence-corrected chi connectivity index (χ0v) is 24.6. The van der Waals surface area contributed by atoms with E-state index in [0.717, 1.165) is 56.1 Å². The molecule has 41 heavy (non-hydrogen) atoms. The fourth-order valence-corrected chi connectivity index (χ4v) is 8.22. The fraction of sp³-hybridized carbons (Fsp3) is 0.733. The average molecular weight is 591 g/mol. The molecule has 5 aliphatic rings. The Morgan fingerprint density at radius 3 is 2.61 bits per heavy atom. The molecule has 0 radical (unpaired) electrons. The molecule has 0 aromatic rings. The van der Waals surface area contributed by atoms with Crippen LogP contribution >= 0.6 is 0 Å². The van der Waals surface area contributed by atoms with E-state index in [9.17, 15) is 22.9 Å². The van der Waals surface area contributed by atoms with Gasteiger partial charge in [0.15, 0.2) is 6.23 Å². The molecule has 0 spiro atoms. The van der Waals surface area contributed by atoms with Gasteiger partial charge in [-0.1, -0.05) is 37.5 Å². The number of hydrogen-bond donors (Lipinski definition) is 1.